The van der Waals surface area contributed by atoms with Crippen LogP contribution >= 0.6 is 0 Å². The summed E-state index contributed by atoms with van der Waals surface area (Å²) in [5.41, 5.74) is 8.16. The van der Waals surface area contributed by atoms with Crippen LogP contribution in [0.3, 0.4) is 0 Å². The summed E-state index contributed by atoms with van der Waals surface area (Å²) in [5, 5.41) is 3.29. The molecule has 0 saturated carbocycles. The quantitative estimate of drug-likeness (QED) is 0.886. The third-order valence-electron chi connectivity index (χ3n) is 2.93. The standard InChI is InChI=1S/C15H20N4/c1-15(2,3)11-4-6-12(7-5-11)18-10-14-17-9-8-13(16)19-14/h4-9,18H,10H2,1-3H3,(H2,16,17,19). The molecule has 3 N–H and O–H groups in total. The molecule has 2 aromatic rings. The van der Waals surface area contributed by atoms with Gasteiger partial charge in [-0.2, -0.15) is 0 Å². The Bertz CT molecular complexity index is 541. The van der Waals surface area contributed by atoms with E-state index in [0.29, 0.717) is 18.2 Å². The molecule has 19 heavy (non-hydrogen) atoms. The number of hydrogen-bond acceptors (Lipinski definition) is 4. The molecule has 0 unspecified atom stereocenters. The minimum atomic E-state index is 0.176. The van der Waals surface area contributed by atoms with Gasteiger partial charge in [0.2, 0.25) is 0 Å². The predicted molar refractivity (Wildman–Crippen MR) is 78.9 cm³/mol. The lowest BCUT2D eigenvalue weighted by Gasteiger charge is -2.19. The summed E-state index contributed by atoms with van der Waals surface area (Å²) in [7, 11) is 0. The second-order valence-corrected chi connectivity index (χ2v) is 5.58. The Morgan fingerprint density at radius 1 is 1.11 bits per heavy atom. The van der Waals surface area contributed by atoms with Crippen LogP contribution in [-0.2, 0) is 12.0 Å². The summed E-state index contributed by atoms with van der Waals surface area (Å²) in [5.74, 6) is 1.19. The van der Waals surface area contributed by atoms with E-state index in [1.807, 2.05) is 0 Å². The summed E-state index contributed by atoms with van der Waals surface area (Å²) in [4.78, 5) is 8.31. The number of nitrogens with one attached hydrogen (secondary N) is 1. The van der Waals surface area contributed by atoms with Crippen LogP contribution in [0, 0.1) is 0 Å². The van der Waals surface area contributed by atoms with Gasteiger partial charge >= 0.3 is 0 Å². The topological polar surface area (TPSA) is 63.8 Å². The van der Waals surface area contributed by atoms with Crippen LogP contribution < -0.4 is 11.1 Å². The highest BCUT2D eigenvalue weighted by molar-refractivity contribution is 5.45. The van der Waals surface area contributed by atoms with Crippen LogP contribution in [0.4, 0.5) is 11.5 Å². The van der Waals surface area contributed by atoms with Gasteiger partial charge in [-0.3, -0.25) is 0 Å². The van der Waals surface area contributed by atoms with Gasteiger partial charge in [0, 0.05) is 11.9 Å². The number of rotatable bonds is 3. The molecule has 0 aliphatic carbocycles. The zero-order valence-electron chi connectivity index (χ0n) is 11.6. The molecule has 0 bridgehead atoms. The highest BCUT2D eigenvalue weighted by Crippen LogP contribution is 2.23. The van der Waals surface area contributed by atoms with Crippen molar-refractivity contribution in [2.24, 2.45) is 0 Å². The van der Waals surface area contributed by atoms with Crippen LogP contribution in [0.5, 0.6) is 0 Å². The lowest BCUT2D eigenvalue weighted by atomic mass is 9.87. The molecule has 0 fully saturated rings. The normalized spacial score (nSPS) is 11.3. The minimum Gasteiger partial charge on any atom is -0.384 e. The van der Waals surface area contributed by atoms with Gasteiger partial charge in [-0.15, -0.1) is 0 Å². The molecule has 0 aliphatic rings. The third-order valence-corrected chi connectivity index (χ3v) is 2.93. The maximum absolute atomic E-state index is 5.62. The Morgan fingerprint density at radius 3 is 2.37 bits per heavy atom. The minimum absolute atomic E-state index is 0.176. The number of anilines is 2. The zero-order chi connectivity index (χ0) is 13.9. The van der Waals surface area contributed by atoms with E-state index in [2.05, 4.69) is 60.3 Å². The molecule has 1 aromatic carbocycles. The molecule has 0 atom stereocenters. The fourth-order valence-corrected chi connectivity index (χ4v) is 1.77. The first-order chi connectivity index (χ1) is 8.95. The number of nitrogens with two attached hydrogens (primary N) is 1. The Hall–Kier alpha value is -2.10. The molecule has 2 rings (SSSR count). The second-order valence-electron chi connectivity index (χ2n) is 5.58. The maximum atomic E-state index is 5.62. The molecule has 1 heterocycles. The molecule has 4 nitrogen and oxygen atoms in total. The Labute approximate surface area is 114 Å². The van der Waals surface area contributed by atoms with Crippen molar-refractivity contribution in [3.05, 3.63) is 47.9 Å². The average Bonchev–Trinajstić information content (AvgIpc) is 2.36. The van der Waals surface area contributed by atoms with Gasteiger partial charge in [0.25, 0.3) is 0 Å². The van der Waals surface area contributed by atoms with Crippen molar-refractivity contribution in [2.75, 3.05) is 11.1 Å². The Kier molecular flexibility index (Phi) is 3.69. The lowest BCUT2D eigenvalue weighted by molar-refractivity contribution is 0.590. The van der Waals surface area contributed by atoms with Crippen LogP contribution in [-0.4, -0.2) is 9.97 Å². The molecule has 0 radical (unpaired) electrons. The van der Waals surface area contributed by atoms with E-state index in [-0.39, 0.29) is 5.41 Å². The largest absolute Gasteiger partial charge is 0.384 e. The van der Waals surface area contributed by atoms with Crippen molar-refractivity contribution in [3.63, 3.8) is 0 Å². The van der Waals surface area contributed by atoms with Crippen molar-refractivity contribution in [2.45, 2.75) is 32.7 Å². The molecule has 1 aromatic heterocycles. The van der Waals surface area contributed by atoms with Crippen LogP contribution in [0.15, 0.2) is 36.5 Å². The molecule has 100 valence electrons. The van der Waals surface area contributed by atoms with E-state index in [1.54, 1.807) is 12.3 Å². The van der Waals surface area contributed by atoms with E-state index in [0.717, 1.165) is 5.69 Å². The van der Waals surface area contributed by atoms with Crippen LogP contribution in [0.1, 0.15) is 32.2 Å². The molecule has 0 aliphatic heterocycles. The Morgan fingerprint density at radius 2 is 1.79 bits per heavy atom. The summed E-state index contributed by atoms with van der Waals surface area (Å²) in [6, 6.07) is 10.1. The lowest BCUT2D eigenvalue weighted by Crippen LogP contribution is -2.11. The second kappa shape index (κ2) is 5.26. The first kappa shape index (κ1) is 13.3. The van der Waals surface area contributed by atoms with Crippen molar-refractivity contribution < 1.29 is 0 Å². The molecule has 0 saturated heterocycles. The van der Waals surface area contributed by atoms with Gasteiger partial charge < -0.3 is 11.1 Å². The number of nitrogens with zero attached hydrogens (tertiary/aromatic N) is 2. The van der Waals surface area contributed by atoms with Gasteiger partial charge in [-0.05, 0) is 29.2 Å². The van der Waals surface area contributed by atoms with Crippen molar-refractivity contribution in [3.8, 4) is 0 Å². The van der Waals surface area contributed by atoms with E-state index in [1.165, 1.54) is 5.56 Å². The van der Waals surface area contributed by atoms with Crippen LogP contribution in [0.25, 0.3) is 0 Å². The number of benzene rings is 1. The first-order valence-electron chi connectivity index (χ1n) is 6.37. The number of hydrogen-bond donors (Lipinski definition) is 2. The van der Waals surface area contributed by atoms with Gasteiger partial charge in [0.05, 0.1) is 6.54 Å². The summed E-state index contributed by atoms with van der Waals surface area (Å²) in [6.07, 6.45) is 1.67. The molecular weight excluding hydrogens is 236 g/mol. The first-order valence-corrected chi connectivity index (χ1v) is 6.37. The molecule has 0 spiro atoms. The average molecular weight is 256 g/mol. The maximum Gasteiger partial charge on any atom is 0.149 e. The van der Waals surface area contributed by atoms with Gasteiger partial charge in [-0.1, -0.05) is 32.9 Å². The monoisotopic (exact) mass is 256 g/mol. The van der Waals surface area contributed by atoms with Crippen LogP contribution in [0.2, 0.25) is 0 Å². The number of nitrogen functional groups attached to an aromatic ring is 1. The molecular formula is C15H20N4. The predicted octanol–water partition coefficient (Wildman–Crippen LogP) is 2.97. The van der Waals surface area contributed by atoms with E-state index >= 15 is 0 Å². The number of aromatic nitrogens is 2. The molecule has 0 amide bonds. The fourth-order valence-electron chi connectivity index (χ4n) is 1.77. The van der Waals surface area contributed by atoms with Crippen molar-refractivity contribution in [1.82, 2.24) is 9.97 Å². The van der Waals surface area contributed by atoms with Gasteiger partial charge in [0.1, 0.15) is 11.6 Å². The van der Waals surface area contributed by atoms with E-state index in [4.69, 9.17) is 5.73 Å². The van der Waals surface area contributed by atoms with Crippen molar-refractivity contribution >= 4 is 11.5 Å². The Balaban J connectivity index is 2.01. The summed E-state index contributed by atoms with van der Waals surface area (Å²) < 4.78 is 0. The van der Waals surface area contributed by atoms with Gasteiger partial charge in [0.15, 0.2) is 0 Å². The smallest absolute Gasteiger partial charge is 0.149 e. The molecule has 4 heteroatoms. The van der Waals surface area contributed by atoms with Crippen molar-refractivity contribution in [1.29, 1.82) is 0 Å². The third kappa shape index (κ3) is 3.68. The van der Waals surface area contributed by atoms with E-state index < -0.39 is 0 Å². The summed E-state index contributed by atoms with van der Waals surface area (Å²) >= 11 is 0. The highest BCUT2D eigenvalue weighted by Gasteiger charge is 2.12. The SMILES string of the molecule is CC(C)(C)c1ccc(NCc2nccc(N)n2)cc1. The fraction of sp³-hybridized carbons (Fsp3) is 0.333. The van der Waals surface area contributed by atoms with Gasteiger partial charge in [-0.25, -0.2) is 9.97 Å². The summed E-state index contributed by atoms with van der Waals surface area (Å²) in [6.45, 7) is 7.18. The zero-order valence-corrected chi connectivity index (χ0v) is 11.6. The van der Waals surface area contributed by atoms with E-state index in [9.17, 15) is 0 Å². The highest BCUT2D eigenvalue weighted by atomic mass is 15.0.